The first-order valence-corrected chi connectivity index (χ1v) is 4.63. The van der Waals surface area contributed by atoms with E-state index >= 15 is 0 Å². The molecule has 0 heterocycles. The van der Waals surface area contributed by atoms with Crippen molar-refractivity contribution in [2.24, 2.45) is 0 Å². The molecule has 1 rings (SSSR count). The Labute approximate surface area is 82.9 Å². The zero-order chi connectivity index (χ0) is 9.68. The fourth-order valence-electron chi connectivity index (χ4n) is 1.21. The molecule has 0 saturated carbocycles. The molecule has 0 amide bonds. The van der Waals surface area contributed by atoms with E-state index in [0.29, 0.717) is 18.0 Å². The van der Waals surface area contributed by atoms with Crippen molar-refractivity contribution >= 4 is 11.6 Å². The molecule has 0 aromatic heterocycles. The van der Waals surface area contributed by atoms with Crippen LogP contribution in [-0.2, 0) is 6.42 Å². The third-order valence-electron chi connectivity index (χ3n) is 1.77. The zero-order valence-corrected chi connectivity index (χ0v) is 8.31. The van der Waals surface area contributed by atoms with E-state index < -0.39 is 6.17 Å². The predicted octanol–water partition coefficient (Wildman–Crippen LogP) is 2.44. The van der Waals surface area contributed by atoms with Gasteiger partial charge in [-0.1, -0.05) is 23.7 Å². The first-order valence-electron chi connectivity index (χ1n) is 4.25. The van der Waals surface area contributed by atoms with Gasteiger partial charge < -0.3 is 5.32 Å². The van der Waals surface area contributed by atoms with Crippen molar-refractivity contribution in [1.82, 2.24) is 5.32 Å². The van der Waals surface area contributed by atoms with Gasteiger partial charge in [0.25, 0.3) is 0 Å². The second kappa shape index (κ2) is 5.20. The monoisotopic (exact) mass is 201 g/mol. The molecule has 0 aliphatic carbocycles. The molecule has 13 heavy (non-hydrogen) atoms. The van der Waals surface area contributed by atoms with Crippen LogP contribution in [0.4, 0.5) is 4.39 Å². The predicted molar refractivity (Wildman–Crippen MR) is 54.0 cm³/mol. The zero-order valence-electron chi connectivity index (χ0n) is 7.56. The quantitative estimate of drug-likeness (QED) is 0.789. The van der Waals surface area contributed by atoms with Crippen LogP contribution in [0.2, 0.25) is 5.02 Å². The summed E-state index contributed by atoms with van der Waals surface area (Å²) in [5.74, 6) is 0. The van der Waals surface area contributed by atoms with Gasteiger partial charge in [-0.05, 0) is 24.7 Å². The van der Waals surface area contributed by atoms with Crippen LogP contribution in [-0.4, -0.2) is 19.8 Å². The van der Waals surface area contributed by atoms with Gasteiger partial charge in [0.15, 0.2) is 0 Å². The van der Waals surface area contributed by atoms with E-state index in [1.54, 1.807) is 19.2 Å². The average Bonchev–Trinajstić information content (AvgIpc) is 2.04. The van der Waals surface area contributed by atoms with Crippen LogP contribution in [0, 0.1) is 0 Å². The molecule has 0 aliphatic heterocycles. The Morgan fingerprint density at radius 3 is 2.92 bits per heavy atom. The fraction of sp³-hybridized carbons (Fsp3) is 0.400. The third-order valence-corrected chi connectivity index (χ3v) is 2.01. The van der Waals surface area contributed by atoms with Gasteiger partial charge in [-0.3, -0.25) is 0 Å². The van der Waals surface area contributed by atoms with E-state index in [1.165, 1.54) is 0 Å². The maximum atomic E-state index is 13.1. The number of rotatable bonds is 4. The molecule has 0 spiro atoms. The van der Waals surface area contributed by atoms with Crippen LogP contribution in [0.3, 0.4) is 0 Å². The topological polar surface area (TPSA) is 12.0 Å². The largest absolute Gasteiger partial charge is 0.317 e. The van der Waals surface area contributed by atoms with Gasteiger partial charge in [-0.15, -0.1) is 0 Å². The molecule has 3 heteroatoms. The number of benzene rings is 1. The maximum absolute atomic E-state index is 13.1. The summed E-state index contributed by atoms with van der Waals surface area (Å²) in [4.78, 5) is 0. The highest BCUT2D eigenvalue weighted by Crippen LogP contribution is 2.12. The van der Waals surface area contributed by atoms with E-state index in [4.69, 9.17) is 11.6 Å². The fourth-order valence-corrected chi connectivity index (χ4v) is 1.43. The molecule has 0 fully saturated rings. The van der Waals surface area contributed by atoms with Gasteiger partial charge in [0.2, 0.25) is 0 Å². The van der Waals surface area contributed by atoms with E-state index in [2.05, 4.69) is 5.32 Å². The summed E-state index contributed by atoms with van der Waals surface area (Å²) in [5, 5.41) is 3.46. The molecule has 1 atom stereocenters. The van der Waals surface area contributed by atoms with Gasteiger partial charge in [-0.2, -0.15) is 0 Å². The van der Waals surface area contributed by atoms with E-state index in [9.17, 15) is 4.39 Å². The molecule has 0 bridgehead atoms. The lowest BCUT2D eigenvalue weighted by Gasteiger charge is -2.07. The summed E-state index contributed by atoms with van der Waals surface area (Å²) < 4.78 is 13.1. The maximum Gasteiger partial charge on any atom is 0.116 e. The van der Waals surface area contributed by atoms with E-state index in [0.717, 1.165) is 5.56 Å². The Morgan fingerprint density at radius 1 is 1.54 bits per heavy atom. The van der Waals surface area contributed by atoms with Crippen LogP contribution in [0.25, 0.3) is 0 Å². The van der Waals surface area contributed by atoms with E-state index in [1.807, 2.05) is 12.1 Å². The molecule has 0 radical (unpaired) electrons. The normalized spacial score (nSPS) is 12.8. The third kappa shape index (κ3) is 3.75. The lowest BCUT2D eigenvalue weighted by molar-refractivity contribution is 0.324. The lowest BCUT2D eigenvalue weighted by Crippen LogP contribution is -2.21. The number of nitrogens with one attached hydrogen (secondary N) is 1. The molecule has 1 aromatic rings. The van der Waals surface area contributed by atoms with Gasteiger partial charge in [0.1, 0.15) is 6.17 Å². The molecule has 1 N–H and O–H groups in total. The molecule has 1 nitrogen and oxygen atoms in total. The van der Waals surface area contributed by atoms with Gasteiger partial charge >= 0.3 is 0 Å². The summed E-state index contributed by atoms with van der Waals surface area (Å²) in [6.45, 7) is 0.381. The van der Waals surface area contributed by atoms with Crippen LogP contribution in [0.15, 0.2) is 24.3 Å². The van der Waals surface area contributed by atoms with Gasteiger partial charge in [-0.25, -0.2) is 4.39 Å². The number of alkyl halides is 1. The van der Waals surface area contributed by atoms with Crippen LogP contribution < -0.4 is 5.32 Å². The van der Waals surface area contributed by atoms with Crippen molar-refractivity contribution in [3.63, 3.8) is 0 Å². The minimum Gasteiger partial charge on any atom is -0.317 e. The molecule has 72 valence electrons. The average molecular weight is 202 g/mol. The van der Waals surface area contributed by atoms with Gasteiger partial charge in [0.05, 0.1) is 0 Å². The van der Waals surface area contributed by atoms with Crippen LogP contribution in [0.1, 0.15) is 5.56 Å². The summed E-state index contributed by atoms with van der Waals surface area (Å²) in [6.07, 6.45) is -0.426. The highest BCUT2D eigenvalue weighted by atomic mass is 35.5. The number of halogens is 2. The van der Waals surface area contributed by atoms with Crippen molar-refractivity contribution in [3.05, 3.63) is 34.9 Å². The Bertz CT molecular complexity index is 265. The van der Waals surface area contributed by atoms with E-state index in [-0.39, 0.29) is 0 Å². The molecule has 0 saturated heterocycles. The number of hydrogen-bond acceptors (Lipinski definition) is 1. The SMILES string of the molecule is CNC[C@H](F)Cc1cccc(Cl)c1. The second-order valence-corrected chi connectivity index (χ2v) is 3.43. The second-order valence-electron chi connectivity index (χ2n) is 2.99. The van der Waals surface area contributed by atoms with Crippen LogP contribution >= 0.6 is 11.6 Å². The van der Waals surface area contributed by atoms with Crippen molar-refractivity contribution in [1.29, 1.82) is 0 Å². The minimum atomic E-state index is -0.844. The highest BCUT2D eigenvalue weighted by molar-refractivity contribution is 6.30. The molecule has 0 aliphatic rings. The number of hydrogen-bond donors (Lipinski definition) is 1. The Morgan fingerprint density at radius 2 is 2.31 bits per heavy atom. The smallest absolute Gasteiger partial charge is 0.116 e. The summed E-state index contributed by atoms with van der Waals surface area (Å²) in [5.41, 5.74) is 0.940. The summed E-state index contributed by atoms with van der Waals surface area (Å²) >= 11 is 5.77. The summed E-state index contributed by atoms with van der Waals surface area (Å²) in [7, 11) is 1.74. The molecule has 0 unspecified atom stereocenters. The van der Waals surface area contributed by atoms with Crippen molar-refractivity contribution in [2.75, 3.05) is 13.6 Å². The van der Waals surface area contributed by atoms with Crippen molar-refractivity contribution in [2.45, 2.75) is 12.6 Å². The first kappa shape index (κ1) is 10.5. The lowest BCUT2D eigenvalue weighted by atomic mass is 10.1. The highest BCUT2D eigenvalue weighted by Gasteiger charge is 2.05. The Hall–Kier alpha value is -0.600. The van der Waals surface area contributed by atoms with Crippen LogP contribution in [0.5, 0.6) is 0 Å². The van der Waals surface area contributed by atoms with Crippen molar-refractivity contribution < 1.29 is 4.39 Å². The molecule has 1 aromatic carbocycles. The molecular weight excluding hydrogens is 189 g/mol. The van der Waals surface area contributed by atoms with Crippen molar-refractivity contribution in [3.8, 4) is 0 Å². The molecular formula is C10H13ClFN. The summed E-state index contributed by atoms with van der Waals surface area (Å²) in [6, 6.07) is 7.30. The first-order chi connectivity index (χ1) is 6.22. The minimum absolute atomic E-state index is 0.381. The standard InChI is InChI=1S/C10H13ClFN/c1-13-7-10(12)6-8-3-2-4-9(11)5-8/h2-5,10,13H,6-7H2,1H3/t10-/m1/s1. The Kier molecular flexibility index (Phi) is 4.19. The Balaban J connectivity index is 2.53. The van der Waals surface area contributed by atoms with Gasteiger partial charge in [0, 0.05) is 18.0 Å².